The minimum atomic E-state index is -0.390. The van der Waals surface area contributed by atoms with Crippen LogP contribution in [-0.4, -0.2) is 32.0 Å². The van der Waals surface area contributed by atoms with E-state index in [1.54, 1.807) is 31.3 Å². The number of amides is 2. The first-order valence-electron chi connectivity index (χ1n) is 6.54. The molecule has 4 N–H and O–H groups in total. The maximum absolute atomic E-state index is 12.1. The lowest BCUT2D eigenvalue weighted by molar-refractivity contribution is -0.122. The predicted octanol–water partition coefficient (Wildman–Crippen LogP) is 0.489. The number of benzene rings is 1. The Hall–Kier alpha value is -2.08. The summed E-state index contributed by atoms with van der Waals surface area (Å²) in [4.78, 5) is 23.2. The molecule has 108 valence electrons. The van der Waals surface area contributed by atoms with Crippen molar-refractivity contribution in [1.82, 2.24) is 5.32 Å². The Morgan fingerprint density at radius 1 is 1.40 bits per heavy atom. The maximum Gasteiger partial charge on any atom is 0.257 e. The van der Waals surface area contributed by atoms with Crippen molar-refractivity contribution in [2.45, 2.75) is 12.8 Å². The van der Waals surface area contributed by atoms with Crippen molar-refractivity contribution in [3.63, 3.8) is 0 Å². The summed E-state index contributed by atoms with van der Waals surface area (Å²) in [5.41, 5.74) is 5.87. The van der Waals surface area contributed by atoms with Gasteiger partial charge >= 0.3 is 0 Å². The number of rotatable bonds is 6. The van der Waals surface area contributed by atoms with E-state index in [1.807, 2.05) is 0 Å². The van der Waals surface area contributed by atoms with Crippen LogP contribution in [0.1, 0.15) is 12.8 Å². The Balaban J connectivity index is 1.96. The molecule has 0 bridgehead atoms. The second kappa shape index (κ2) is 5.92. The largest absolute Gasteiger partial charge is 0.484 e. The van der Waals surface area contributed by atoms with Crippen molar-refractivity contribution in [1.29, 1.82) is 0 Å². The average molecular weight is 277 g/mol. The third-order valence-corrected chi connectivity index (χ3v) is 3.47. The minimum absolute atomic E-state index is 0.0524. The molecule has 0 radical (unpaired) electrons. The Morgan fingerprint density at radius 2 is 2.15 bits per heavy atom. The van der Waals surface area contributed by atoms with Gasteiger partial charge in [-0.1, -0.05) is 6.07 Å². The lowest BCUT2D eigenvalue weighted by Gasteiger charge is -2.13. The highest BCUT2D eigenvalue weighted by Crippen LogP contribution is 2.45. The van der Waals surface area contributed by atoms with Crippen molar-refractivity contribution in [3.05, 3.63) is 24.3 Å². The molecule has 0 unspecified atom stereocenters. The number of carbonyl (C=O) groups excluding carboxylic acids is 2. The zero-order chi connectivity index (χ0) is 14.6. The van der Waals surface area contributed by atoms with E-state index in [-0.39, 0.29) is 23.8 Å². The van der Waals surface area contributed by atoms with Gasteiger partial charge in [0.05, 0.1) is 5.41 Å². The van der Waals surface area contributed by atoms with Gasteiger partial charge in [-0.15, -0.1) is 0 Å². The molecule has 0 atom stereocenters. The molecule has 20 heavy (non-hydrogen) atoms. The fourth-order valence-corrected chi connectivity index (χ4v) is 1.82. The number of nitrogens with two attached hydrogens (primary N) is 1. The molecule has 2 amide bonds. The first-order chi connectivity index (χ1) is 9.59. The van der Waals surface area contributed by atoms with Gasteiger partial charge in [-0.25, -0.2) is 0 Å². The summed E-state index contributed by atoms with van der Waals surface area (Å²) < 4.78 is 5.32. The molecule has 1 fully saturated rings. The van der Waals surface area contributed by atoms with Crippen molar-refractivity contribution < 1.29 is 14.3 Å². The Labute approximate surface area is 117 Å². The molecule has 1 aliphatic rings. The summed E-state index contributed by atoms with van der Waals surface area (Å²) in [5.74, 6) is 0.270. The van der Waals surface area contributed by atoms with Crippen LogP contribution >= 0.6 is 0 Å². The van der Waals surface area contributed by atoms with Gasteiger partial charge in [0, 0.05) is 25.3 Å². The van der Waals surface area contributed by atoms with Gasteiger partial charge in [-0.3, -0.25) is 9.59 Å². The number of ether oxygens (including phenoxy) is 1. The van der Waals surface area contributed by atoms with E-state index in [1.165, 1.54) is 0 Å². The molecule has 0 spiro atoms. The first kappa shape index (κ1) is 14.3. The number of hydrogen-bond donors (Lipinski definition) is 3. The molecular weight excluding hydrogens is 258 g/mol. The Kier molecular flexibility index (Phi) is 4.24. The highest BCUT2D eigenvalue weighted by molar-refractivity contribution is 5.97. The molecular formula is C14H19N3O3. The molecule has 1 aliphatic carbocycles. The van der Waals surface area contributed by atoms with Crippen LogP contribution in [-0.2, 0) is 9.59 Å². The SMILES string of the molecule is CNC(=O)COc1cccc(NC(=O)C2(CN)CC2)c1. The van der Waals surface area contributed by atoms with Gasteiger partial charge in [0.15, 0.2) is 6.61 Å². The van der Waals surface area contributed by atoms with Crippen molar-refractivity contribution >= 4 is 17.5 Å². The Bertz CT molecular complexity index is 512. The predicted molar refractivity (Wildman–Crippen MR) is 75.4 cm³/mol. The van der Waals surface area contributed by atoms with Crippen LogP contribution in [0.25, 0.3) is 0 Å². The quantitative estimate of drug-likeness (QED) is 0.705. The van der Waals surface area contributed by atoms with E-state index in [4.69, 9.17) is 10.5 Å². The first-order valence-corrected chi connectivity index (χ1v) is 6.54. The normalized spacial score (nSPS) is 15.3. The summed E-state index contributed by atoms with van der Waals surface area (Å²) in [6.45, 7) is 0.312. The fraction of sp³-hybridized carbons (Fsp3) is 0.429. The van der Waals surface area contributed by atoms with E-state index in [9.17, 15) is 9.59 Å². The maximum atomic E-state index is 12.1. The number of likely N-dealkylation sites (N-methyl/N-ethyl adjacent to an activating group) is 1. The van der Waals surface area contributed by atoms with Crippen LogP contribution in [0.5, 0.6) is 5.75 Å². The Morgan fingerprint density at radius 3 is 2.75 bits per heavy atom. The molecule has 0 saturated heterocycles. The van der Waals surface area contributed by atoms with Crippen LogP contribution in [0.3, 0.4) is 0 Å². The van der Waals surface area contributed by atoms with Gasteiger partial charge in [-0.2, -0.15) is 0 Å². The van der Waals surface area contributed by atoms with Gasteiger partial charge in [0.25, 0.3) is 5.91 Å². The second-order valence-electron chi connectivity index (χ2n) is 4.93. The second-order valence-corrected chi connectivity index (χ2v) is 4.93. The smallest absolute Gasteiger partial charge is 0.257 e. The molecule has 6 heteroatoms. The van der Waals surface area contributed by atoms with E-state index < -0.39 is 0 Å². The van der Waals surface area contributed by atoms with Gasteiger partial charge in [0.1, 0.15) is 5.75 Å². The van der Waals surface area contributed by atoms with Crippen LogP contribution in [0.2, 0.25) is 0 Å². The lowest BCUT2D eigenvalue weighted by Crippen LogP contribution is -2.30. The molecule has 1 aromatic carbocycles. The van der Waals surface area contributed by atoms with Crippen LogP contribution in [0.15, 0.2) is 24.3 Å². The monoisotopic (exact) mass is 277 g/mol. The third-order valence-electron chi connectivity index (χ3n) is 3.47. The van der Waals surface area contributed by atoms with E-state index >= 15 is 0 Å². The fourth-order valence-electron chi connectivity index (χ4n) is 1.82. The van der Waals surface area contributed by atoms with Crippen molar-refractivity contribution in [2.75, 3.05) is 25.5 Å². The summed E-state index contributed by atoms with van der Waals surface area (Å²) in [6.07, 6.45) is 1.67. The molecule has 1 saturated carbocycles. The van der Waals surface area contributed by atoms with Crippen molar-refractivity contribution in [2.24, 2.45) is 11.1 Å². The summed E-state index contributed by atoms with van der Waals surface area (Å²) in [7, 11) is 1.55. The van der Waals surface area contributed by atoms with Crippen LogP contribution in [0.4, 0.5) is 5.69 Å². The molecule has 0 heterocycles. The topological polar surface area (TPSA) is 93.5 Å². The van der Waals surface area contributed by atoms with Crippen molar-refractivity contribution in [3.8, 4) is 5.75 Å². The van der Waals surface area contributed by atoms with Crippen LogP contribution in [0, 0.1) is 5.41 Å². The highest BCUT2D eigenvalue weighted by Gasteiger charge is 2.48. The van der Waals surface area contributed by atoms with E-state index in [0.29, 0.717) is 18.0 Å². The number of hydrogen-bond acceptors (Lipinski definition) is 4. The molecule has 0 aromatic heterocycles. The van der Waals surface area contributed by atoms with Gasteiger partial charge < -0.3 is 21.1 Å². The molecule has 1 aromatic rings. The van der Waals surface area contributed by atoms with E-state index in [0.717, 1.165) is 12.8 Å². The van der Waals surface area contributed by atoms with Gasteiger partial charge in [0.2, 0.25) is 5.91 Å². The summed E-state index contributed by atoms with van der Waals surface area (Å²) in [6, 6.07) is 6.95. The number of anilines is 1. The number of carbonyl (C=O) groups is 2. The zero-order valence-corrected chi connectivity index (χ0v) is 11.4. The standard InChI is InChI=1S/C14H19N3O3/c1-16-12(18)8-20-11-4-2-3-10(7-11)17-13(19)14(9-15)5-6-14/h2-4,7H,5-6,8-9,15H2,1H3,(H,16,18)(H,17,19). The summed E-state index contributed by atoms with van der Waals surface area (Å²) in [5, 5.41) is 5.31. The number of nitrogens with one attached hydrogen (secondary N) is 2. The molecule has 6 nitrogen and oxygen atoms in total. The van der Waals surface area contributed by atoms with E-state index in [2.05, 4.69) is 10.6 Å². The lowest BCUT2D eigenvalue weighted by atomic mass is 10.1. The zero-order valence-electron chi connectivity index (χ0n) is 11.4. The van der Waals surface area contributed by atoms with Crippen LogP contribution < -0.4 is 21.1 Å². The van der Waals surface area contributed by atoms with Gasteiger partial charge in [-0.05, 0) is 25.0 Å². The third kappa shape index (κ3) is 3.27. The molecule has 0 aliphatic heterocycles. The average Bonchev–Trinajstić information content (AvgIpc) is 3.26. The molecule has 2 rings (SSSR count). The summed E-state index contributed by atoms with van der Waals surface area (Å²) >= 11 is 0. The highest BCUT2D eigenvalue weighted by atomic mass is 16.5. The minimum Gasteiger partial charge on any atom is -0.484 e.